The first-order chi connectivity index (χ1) is 8.66. The van der Waals surface area contributed by atoms with Crippen molar-refractivity contribution in [1.29, 1.82) is 0 Å². The Morgan fingerprint density at radius 2 is 1.67 bits per heavy atom. The standard InChI is InChI=1S/C16H15NO/c1-12(2)16(18)17-15-10-6-9-14(11-15)13-7-4-3-5-8-13/h3-11H,1H2,2H3,(H,17,18). The number of carbonyl (C=O) groups excluding carboxylic acids is 1. The lowest BCUT2D eigenvalue weighted by molar-refractivity contribution is -0.112. The Balaban J connectivity index is 2.26. The minimum Gasteiger partial charge on any atom is -0.322 e. The molecular weight excluding hydrogens is 222 g/mol. The van der Waals surface area contributed by atoms with E-state index in [0.717, 1.165) is 16.8 Å². The zero-order valence-electron chi connectivity index (χ0n) is 10.3. The summed E-state index contributed by atoms with van der Waals surface area (Å²) in [6.07, 6.45) is 0. The van der Waals surface area contributed by atoms with Crippen LogP contribution >= 0.6 is 0 Å². The lowest BCUT2D eigenvalue weighted by Crippen LogP contribution is -2.11. The van der Waals surface area contributed by atoms with Crippen molar-refractivity contribution in [3.05, 3.63) is 66.7 Å². The summed E-state index contributed by atoms with van der Waals surface area (Å²) in [7, 11) is 0. The molecule has 90 valence electrons. The molecule has 0 fully saturated rings. The second-order valence-corrected chi connectivity index (χ2v) is 4.18. The highest BCUT2D eigenvalue weighted by Gasteiger charge is 2.03. The van der Waals surface area contributed by atoms with Crippen LogP contribution in [0.25, 0.3) is 11.1 Å². The molecule has 0 aliphatic carbocycles. The molecule has 0 unspecified atom stereocenters. The number of amides is 1. The van der Waals surface area contributed by atoms with Gasteiger partial charge in [-0.15, -0.1) is 0 Å². The van der Waals surface area contributed by atoms with Gasteiger partial charge in [0.15, 0.2) is 0 Å². The van der Waals surface area contributed by atoms with Crippen LogP contribution in [0.1, 0.15) is 6.92 Å². The van der Waals surface area contributed by atoms with Gasteiger partial charge in [-0.1, -0.05) is 49.0 Å². The van der Waals surface area contributed by atoms with E-state index in [9.17, 15) is 4.79 Å². The molecule has 2 rings (SSSR count). The fraction of sp³-hybridized carbons (Fsp3) is 0.0625. The summed E-state index contributed by atoms with van der Waals surface area (Å²) >= 11 is 0. The molecule has 0 radical (unpaired) electrons. The molecule has 2 aromatic rings. The Bertz CT molecular complexity index is 573. The van der Waals surface area contributed by atoms with Gasteiger partial charge in [-0.2, -0.15) is 0 Å². The number of benzene rings is 2. The van der Waals surface area contributed by atoms with E-state index in [-0.39, 0.29) is 5.91 Å². The van der Waals surface area contributed by atoms with Crippen molar-refractivity contribution in [2.75, 3.05) is 5.32 Å². The van der Waals surface area contributed by atoms with Crippen LogP contribution in [-0.4, -0.2) is 5.91 Å². The molecule has 0 aliphatic rings. The van der Waals surface area contributed by atoms with Crippen molar-refractivity contribution in [2.45, 2.75) is 6.92 Å². The number of anilines is 1. The van der Waals surface area contributed by atoms with Gasteiger partial charge in [0.05, 0.1) is 0 Å². The van der Waals surface area contributed by atoms with Gasteiger partial charge in [-0.25, -0.2) is 0 Å². The second-order valence-electron chi connectivity index (χ2n) is 4.18. The Morgan fingerprint density at radius 3 is 2.33 bits per heavy atom. The minimum atomic E-state index is -0.153. The quantitative estimate of drug-likeness (QED) is 0.807. The van der Waals surface area contributed by atoms with Crippen LogP contribution in [0.4, 0.5) is 5.69 Å². The SMILES string of the molecule is C=C(C)C(=O)Nc1cccc(-c2ccccc2)c1. The van der Waals surface area contributed by atoms with E-state index in [1.165, 1.54) is 0 Å². The molecule has 1 N–H and O–H groups in total. The predicted octanol–water partition coefficient (Wildman–Crippen LogP) is 3.87. The number of hydrogen-bond donors (Lipinski definition) is 1. The fourth-order valence-corrected chi connectivity index (χ4v) is 1.64. The van der Waals surface area contributed by atoms with Crippen molar-refractivity contribution in [3.63, 3.8) is 0 Å². The van der Waals surface area contributed by atoms with Gasteiger partial charge < -0.3 is 5.32 Å². The molecule has 2 heteroatoms. The average Bonchev–Trinajstić information content (AvgIpc) is 2.40. The van der Waals surface area contributed by atoms with Gasteiger partial charge in [-0.3, -0.25) is 4.79 Å². The summed E-state index contributed by atoms with van der Waals surface area (Å²) in [4.78, 5) is 11.5. The summed E-state index contributed by atoms with van der Waals surface area (Å²) in [5.41, 5.74) is 3.49. The first-order valence-electron chi connectivity index (χ1n) is 5.79. The topological polar surface area (TPSA) is 29.1 Å². The molecule has 0 saturated carbocycles. The number of hydrogen-bond acceptors (Lipinski definition) is 1. The maximum Gasteiger partial charge on any atom is 0.250 e. The number of carbonyl (C=O) groups is 1. The lowest BCUT2D eigenvalue weighted by Gasteiger charge is -2.07. The average molecular weight is 237 g/mol. The summed E-state index contributed by atoms with van der Waals surface area (Å²) in [5.74, 6) is -0.153. The zero-order valence-corrected chi connectivity index (χ0v) is 10.3. The summed E-state index contributed by atoms with van der Waals surface area (Å²) in [5, 5.41) is 2.81. The Hall–Kier alpha value is -2.35. The Labute approximate surface area is 107 Å². The largest absolute Gasteiger partial charge is 0.322 e. The van der Waals surface area contributed by atoms with E-state index in [4.69, 9.17) is 0 Å². The van der Waals surface area contributed by atoms with Crippen molar-refractivity contribution in [3.8, 4) is 11.1 Å². The molecular formula is C16H15NO. The van der Waals surface area contributed by atoms with Crippen LogP contribution in [0.2, 0.25) is 0 Å². The smallest absolute Gasteiger partial charge is 0.250 e. The third-order valence-corrected chi connectivity index (χ3v) is 2.62. The molecule has 2 aromatic carbocycles. The van der Waals surface area contributed by atoms with Crippen molar-refractivity contribution in [1.82, 2.24) is 0 Å². The van der Waals surface area contributed by atoms with Gasteiger partial charge in [-0.05, 0) is 30.2 Å². The highest BCUT2D eigenvalue weighted by Crippen LogP contribution is 2.22. The van der Waals surface area contributed by atoms with Gasteiger partial charge in [0, 0.05) is 11.3 Å². The molecule has 0 saturated heterocycles. The van der Waals surface area contributed by atoms with E-state index < -0.39 is 0 Å². The van der Waals surface area contributed by atoms with E-state index in [0.29, 0.717) is 5.57 Å². The minimum absolute atomic E-state index is 0.153. The van der Waals surface area contributed by atoms with Crippen LogP contribution in [0, 0.1) is 0 Å². The van der Waals surface area contributed by atoms with Crippen molar-refractivity contribution < 1.29 is 4.79 Å². The second kappa shape index (κ2) is 5.32. The lowest BCUT2D eigenvalue weighted by atomic mass is 10.1. The molecule has 0 aromatic heterocycles. The molecule has 2 nitrogen and oxygen atoms in total. The van der Waals surface area contributed by atoms with E-state index >= 15 is 0 Å². The predicted molar refractivity (Wildman–Crippen MR) is 75.3 cm³/mol. The normalized spacial score (nSPS) is 9.83. The number of rotatable bonds is 3. The third-order valence-electron chi connectivity index (χ3n) is 2.62. The third kappa shape index (κ3) is 2.86. The maximum atomic E-state index is 11.5. The zero-order chi connectivity index (χ0) is 13.0. The highest BCUT2D eigenvalue weighted by molar-refractivity contribution is 6.03. The van der Waals surface area contributed by atoms with Crippen molar-refractivity contribution >= 4 is 11.6 Å². The van der Waals surface area contributed by atoms with Gasteiger partial charge in [0.2, 0.25) is 0 Å². The molecule has 1 amide bonds. The summed E-state index contributed by atoms with van der Waals surface area (Å²) in [6.45, 7) is 5.31. The summed E-state index contributed by atoms with van der Waals surface area (Å²) < 4.78 is 0. The first-order valence-corrected chi connectivity index (χ1v) is 5.79. The van der Waals surface area contributed by atoms with Crippen LogP contribution in [-0.2, 0) is 4.79 Å². The van der Waals surface area contributed by atoms with E-state index in [1.54, 1.807) is 6.92 Å². The molecule has 0 bridgehead atoms. The van der Waals surface area contributed by atoms with Gasteiger partial charge >= 0.3 is 0 Å². The molecule has 0 atom stereocenters. The Kier molecular flexibility index (Phi) is 3.58. The van der Waals surface area contributed by atoms with Crippen molar-refractivity contribution in [2.24, 2.45) is 0 Å². The van der Waals surface area contributed by atoms with Gasteiger partial charge in [0.1, 0.15) is 0 Å². The summed E-state index contributed by atoms with van der Waals surface area (Å²) in [6, 6.07) is 17.8. The molecule has 0 heterocycles. The van der Waals surface area contributed by atoms with Gasteiger partial charge in [0.25, 0.3) is 5.91 Å². The first kappa shape index (κ1) is 12.1. The monoisotopic (exact) mass is 237 g/mol. The van der Waals surface area contributed by atoms with Crippen LogP contribution in [0.5, 0.6) is 0 Å². The van der Waals surface area contributed by atoms with E-state index in [2.05, 4.69) is 11.9 Å². The number of nitrogens with one attached hydrogen (secondary N) is 1. The van der Waals surface area contributed by atoms with Crippen LogP contribution in [0.3, 0.4) is 0 Å². The fourth-order valence-electron chi connectivity index (χ4n) is 1.64. The Morgan fingerprint density at radius 1 is 1.00 bits per heavy atom. The molecule has 0 aliphatic heterocycles. The van der Waals surface area contributed by atoms with E-state index in [1.807, 2.05) is 54.6 Å². The molecule has 0 spiro atoms. The van der Waals surface area contributed by atoms with Crippen LogP contribution in [0.15, 0.2) is 66.7 Å². The maximum absolute atomic E-state index is 11.5. The molecule has 18 heavy (non-hydrogen) atoms. The highest BCUT2D eigenvalue weighted by atomic mass is 16.1. The van der Waals surface area contributed by atoms with Crippen LogP contribution < -0.4 is 5.32 Å².